The summed E-state index contributed by atoms with van der Waals surface area (Å²) < 4.78 is 0. The van der Waals surface area contributed by atoms with Crippen LogP contribution in [0.1, 0.15) is 76.7 Å². The zero-order valence-electron chi connectivity index (χ0n) is 36.0. The number of benzene rings is 2. The van der Waals surface area contributed by atoms with Crippen molar-refractivity contribution in [3.63, 3.8) is 0 Å². The molecule has 0 saturated carbocycles. The van der Waals surface area contributed by atoms with Gasteiger partial charge in [-0.05, 0) is 149 Å². The van der Waals surface area contributed by atoms with Crippen LogP contribution in [0, 0.1) is 171 Å². The van der Waals surface area contributed by atoms with Crippen molar-refractivity contribution in [3.05, 3.63) is 83.0 Å². The van der Waals surface area contributed by atoms with Gasteiger partial charge in [-0.2, -0.15) is 5.53 Å². The number of nitrogens with one attached hydrogen (secondary N) is 4. The average Bonchev–Trinajstić information content (AvgIpc) is 3.36. The zero-order chi connectivity index (χ0) is 47.4. The third kappa shape index (κ3) is 25.5. The molecule has 66 heavy (non-hydrogen) atoms. The molecule has 1 aliphatic rings. The van der Waals surface area contributed by atoms with Crippen molar-refractivity contribution in [2.75, 3.05) is 18.4 Å². The van der Waals surface area contributed by atoms with Crippen LogP contribution in [0.5, 0.6) is 0 Å². The molecule has 1 aliphatic heterocycles. The lowest BCUT2D eigenvalue weighted by molar-refractivity contribution is -0.125. The van der Waals surface area contributed by atoms with Gasteiger partial charge in [0.05, 0.1) is 30.0 Å². The van der Waals surface area contributed by atoms with Gasteiger partial charge in [-0.15, -0.1) is 11.3 Å². The summed E-state index contributed by atoms with van der Waals surface area (Å²) in [6, 6.07) is 18.8. The minimum Gasteiger partial charge on any atom is -0.362 e. The molecule has 3 aromatic rings. The van der Waals surface area contributed by atoms with Crippen LogP contribution in [0.3, 0.4) is 0 Å². The average molecular weight is 887 g/mol. The Bertz CT molecular complexity index is 3050. The van der Waals surface area contributed by atoms with Crippen LogP contribution in [0.25, 0.3) is 11.3 Å². The SMILES string of the molecule is C#CC#CC#CC#CC#CC#CC#CC#CC#CC#CC#CC#CC#CC.CCCC(Nc1cncc(-c2ccc(CNC(=O)C3CCCNC3)cc2)n1)c1ccccc1.N=N/N=N/N=O.[HH].[HH].[HH].[HH].[HH].[HH].[HH].[HH].[HH].[HH].[HH].[HH].[HH].[HH]. The Morgan fingerprint density at radius 3 is 1.79 bits per heavy atom. The molecular formula is C54H66N10O2. The van der Waals surface area contributed by atoms with Gasteiger partial charge in [-0.3, -0.25) is 9.78 Å². The second-order valence-corrected chi connectivity index (χ2v) is 12.3. The van der Waals surface area contributed by atoms with E-state index in [1.807, 2.05) is 35.6 Å². The van der Waals surface area contributed by atoms with Crippen LogP contribution < -0.4 is 16.0 Å². The van der Waals surface area contributed by atoms with E-state index in [4.69, 9.17) is 21.8 Å². The van der Waals surface area contributed by atoms with Crippen LogP contribution in [-0.4, -0.2) is 29.0 Å². The predicted molar refractivity (Wildman–Crippen MR) is 286 cm³/mol. The molecule has 344 valence electrons. The van der Waals surface area contributed by atoms with Crippen LogP contribution in [0.2, 0.25) is 0 Å². The number of nitroso groups, excluding NO2 is 1. The number of hydrogen-bond donors (Lipinski definition) is 4. The van der Waals surface area contributed by atoms with E-state index < -0.39 is 0 Å². The van der Waals surface area contributed by atoms with E-state index in [1.165, 1.54) is 5.56 Å². The fraction of sp³-hybridized carbons (Fsp3) is 0.204. The number of aromatic nitrogens is 2. The van der Waals surface area contributed by atoms with Gasteiger partial charge in [0.25, 0.3) is 0 Å². The molecule has 1 aromatic heterocycles. The van der Waals surface area contributed by atoms with Crippen molar-refractivity contribution in [2.24, 2.45) is 26.9 Å². The highest BCUT2D eigenvalue weighted by Gasteiger charge is 2.20. The first kappa shape index (κ1) is 52.0. The van der Waals surface area contributed by atoms with Gasteiger partial charge in [0.1, 0.15) is 11.1 Å². The molecule has 0 bridgehead atoms. The highest BCUT2D eigenvalue weighted by atomic mass is 16.3. The van der Waals surface area contributed by atoms with Crippen molar-refractivity contribution in [3.8, 4) is 166 Å². The lowest BCUT2D eigenvalue weighted by Crippen LogP contribution is -2.40. The van der Waals surface area contributed by atoms with Crippen molar-refractivity contribution in [1.82, 2.24) is 20.6 Å². The maximum absolute atomic E-state index is 12.4. The second kappa shape index (κ2) is 36.7. The molecule has 12 nitrogen and oxygen atoms in total. The summed E-state index contributed by atoms with van der Waals surface area (Å²) in [4.78, 5) is 30.5. The third-order valence-corrected chi connectivity index (χ3v) is 7.81. The Kier molecular flexibility index (Phi) is 28.9. The van der Waals surface area contributed by atoms with Crippen LogP contribution in [-0.2, 0) is 11.3 Å². The van der Waals surface area contributed by atoms with E-state index in [0.717, 1.165) is 61.4 Å². The smallest absolute Gasteiger partial charge is 0.224 e. The summed E-state index contributed by atoms with van der Waals surface area (Å²) in [5.41, 5.74) is 10.0. The number of anilines is 1. The normalized spacial score (nSPS) is 10.7. The van der Waals surface area contributed by atoms with E-state index in [2.05, 4.69) is 216 Å². The molecule has 0 aliphatic carbocycles. The van der Waals surface area contributed by atoms with E-state index in [-0.39, 0.29) is 37.8 Å². The molecule has 0 spiro atoms. The van der Waals surface area contributed by atoms with Gasteiger partial charge >= 0.3 is 0 Å². The maximum Gasteiger partial charge on any atom is 0.224 e. The van der Waals surface area contributed by atoms with Crippen LogP contribution in [0.4, 0.5) is 5.82 Å². The first-order valence-electron chi connectivity index (χ1n) is 19.7. The lowest BCUT2D eigenvalue weighted by Gasteiger charge is -2.21. The van der Waals surface area contributed by atoms with Crippen molar-refractivity contribution in [2.45, 2.75) is 52.1 Å². The number of amides is 1. The number of rotatable bonds is 11. The summed E-state index contributed by atoms with van der Waals surface area (Å²) >= 11 is 0. The number of carbonyl (C=O) groups is 1. The van der Waals surface area contributed by atoms with Gasteiger partial charge in [0.15, 0.2) is 0 Å². The molecular weight excluding hydrogens is 821 g/mol. The summed E-state index contributed by atoms with van der Waals surface area (Å²) in [6.07, 6.45) is 12.6. The number of piperidine rings is 1. The molecule has 1 fully saturated rings. The van der Waals surface area contributed by atoms with Gasteiger partial charge in [0, 0.05) is 91.2 Å². The highest BCUT2D eigenvalue weighted by Crippen LogP contribution is 2.25. The molecule has 4 N–H and O–H groups in total. The standard InChI is InChI=1S/C27H33N5O.C27H4.HN5O.14H2/c1-2-7-24(21-8-4-3-5-9-21)31-26-19-29-18-25(32-26)22-13-11-20(12-14-22)16-30-27(33)23-10-6-15-28-17-23;1-3-5-7-9-11-13-15-17-19-21-23-25-27-26-24-22-20-18-16-14-12-10-8-6-4-2;1-2-3-4-5-6;;;;;;;;;;;;;;/h3-5,8-9,11-14,18-19,23-24,28H,2,6-7,10,15-17H2,1H3,(H,30,33)(H,31,32);1H,2H3;1H;14*1H/b;;2-1?,4-3+;;;;;;;;;;;;;;. The number of hydrogen-bond acceptors (Lipinski definition) is 7. The third-order valence-electron chi connectivity index (χ3n) is 7.81. The van der Waals surface area contributed by atoms with Crippen LogP contribution in [0.15, 0.2) is 87.9 Å². The molecule has 12 heteroatoms. The monoisotopic (exact) mass is 887 g/mol. The Balaban J connectivity index is -0.0000000806. The largest absolute Gasteiger partial charge is 0.362 e. The van der Waals surface area contributed by atoms with E-state index >= 15 is 0 Å². The summed E-state index contributed by atoms with van der Waals surface area (Å²) in [5, 5.41) is 19.1. The first-order chi connectivity index (χ1) is 32.6. The molecule has 2 aromatic carbocycles. The molecule has 2 heterocycles. The van der Waals surface area contributed by atoms with Crippen molar-refractivity contribution in [1.29, 1.82) is 5.53 Å². The van der Waals surface area contributed by atoms with Gasteiger partial charge in [0.2, 0.25) is 5.91 Å². The highest BCUT2D eigenvalue weighted by molar-refractivity contribution is 5.79. The second-order valence-electron chi connectivity index (χ2n) is 12.3. The van der Waals surface area contributed by atoms with Crippen molar-refractivity contribution < 1.29 is 24.8 Å². The first-order valence-corrected chi connectivity index (χ1v) is 19.7. The molecule has 0 radical (unpaired) electrons. The molecule has 4 rings (SSSR count). The van der Waals surface area contributed by atoms with Crippen LogP contribution >= 0.6 is 0 Å². The van der Waals surface area contributed by atoms with E-state index in [1.54, 1.807) is 19.3 Å². The maximum atomic E-state index is 12.4. The lowest BCUT2D eigenvalue weighted by atomic mass is 9.99. The molecule has 2 atom stereocenters. The Morgan fingerprint density at radius 1 is 0.788 bits per heavy atom. The number of nitrogens with zero attached hydrogens (tertiary/aromatic N) is 6. The molecule has 1 amide bonds. The fourth-order valence-electron chi connectivity index (χ4n) is 5.04. The summed E-state index contributed by atoms with van der Waals surface area (Å²) in [7, 11) is 0. The zero-order valence-corrected chi connectivity index (χ0v) is 36.0. The minimum absolute atomic E-state index is 0. The Morgan fingerprint density at radius 2 is 1.33 bits per heavy atom. The van der Waals surface area contributed by atoms with Gasteiger partial charge in [-0.1, -0.05) is 73.9 Å². The predicted octanol–water partition coefficient (Wildman–Crippen LogP) is 9.90. The van der Waals surface area contributed by atoms with Gasteiger partial charge in [-0.25, -0.2) is 4.98 Å². The number of terminal acetylenes is 1. The van der Waals surface area contributed by atoms with Crippen molar-refractivity contribution >= 4 is 11.7 Å². The van der Waals surface area contributed by atoms with E-state index in [9.17, 15) is 4.79 Å². The Hall–Kier alpha value is -10.2. The summed E-state index contributed by atoms with van der Waals surface area (Å²) in [6.45, 7) is 6.21. The Labute approximate surface area is 408 Å². The quantitative estimate of drug-likeness (QED) is 0.0647. The summed E-state index contributed by atoms with van der Waals surface area (Å²) in [5.74, 6) is 62.9. The minimum atomic E-state index is 0. The van der Waals surface area contributed by atoms with Gasteiger partial charge < -0.3 is 16.0 Å². The fourth-order valence-corrected chi connectivity index (χ4v) is 5.04. The van der Waals surface area contributed by atoms with E-state index in [0.29, 0.717) is 6.54 Å². The molecule has 2 unspecified atom stereocenters. The molecule has 1 saturated heterocycles. The topological polar surface area (TPSA) is 169 Å². The number of carbonyl (C=O) groups excluding carboxylic acids is 1.